The normalized spacial score (nSPS) is 20.0. The van der Waals surface area contributed by atoms with E-state index >= 15 is 0 Å². The Hall–Kier alpha value is -1.06. The van der Waals surface area contributed by atoms with Crippen LogP contribution in [0, 0.1) is 0 Å². The fourth-order valence-electron chi connectivity index (χ4n) is 2.96. The third-order valence-electron chi connectivity index (χ3n) is 4.08. The average molecular weight is 276 g/mol. The SMILES string of the molecule is CCCNC1CCCN(CCc2ccccc2OC)C1. The standard InChI is InChI=1S/C17H28N2O/c1-3-11-18-16-8-6-12-19(14-16)13-10-15-7-4-5-9-17(15)20-2/h4-5,7,9,16,18H,3,6,8,10-14H2,1-2H3. The Morgan fingerprint density at radius 1 is 1.35 bits per heavy atom. The van der Waals surface area contributed by atoms with Gasteiger partial charge in [-0.25, -0.2) is 0 Å². The van der Waals surface area contributed by atoms with Crippen molar-refractivity contribution < 1.29 is 4.74 Å². The minimum Gasteiger partial charge on any atom is -0.496 e. The zero-order valence-corrected chi connectivity index (χ0v) is 12.9. The van der Waals surface area contributed by atoms with E-state index in [0.29, 0.717) is 6.04 Å². The van der Waals surface area contributed by atoms with Crippen molar-refractivity contribution in [1.82, 2.24) is 10.2 Å². The van der Waals surface area contributed by atoms with Gasteiger partial charge in [0.05, 0.1) is 7.11 Å². The number of benzene rings is 1. The van der Waals surface area contributed by atoms with Crippen LogP contribution in [-0.4, -0.2) is 44.2 Å². The second kappa shape index (κ2) is 8.28. The number of nitrogens with one attached hydrogen (secondary N) is 1. The highest BCUT2D eigenvalue weighted by Crippen LogP contribution is 2.19. The van der Waals surface area contributed by atoms with E-state index in [1.54, 1.807) is 7.11 Å². The highest BCUT2D eigenvalue weighted by Gasteiger charge is 2.19. The molecule has 1 aromatic rings. The molecule has 0 aromatic heterocycles. The lowest BCUT2D eigenvalue weighted by molar-refractivity contribution is 0.192. The van der Waals surface area contributed by atoms with Gasteiger partial charge in [0.15, 0.2) is 0 Å². The summed E-state index contributed by atoms with van der Waals surface area (Å²) in [6.07, 6.45) is 4.93. The molecule has 112 valence electrons. The molecule has 3 heteroatoms. The summed E-state index contributed by atoms with van der Waals surface area (Å²) < 4.78 is 5.43. The van der Waals surface area contributed by atoms with Crippen molar-refractivity contribution in [3.63, 3.8) is 0 Å². The molecule has 0 spiro atoms. The van der Waals surface area contributed by atoms with Crippen LogP contribution in [0.3, 0.4) is 0 Å². The van der Waals surface area contributed by atoms with Crippen LogP contribution >= 0.6 is 0 Å². The van der Waals surface area contributed by atoms with Crippen molar-refractivity contribution in [3.05, 3.63) is 29.8 Å². The number of ether oxygens (including phenoxy) is 1. The lowest BCUT2D eigenvalue weighted by Gasteiger charge is -2.33. The third-order valence-corrected chi connectivity index (χ3v) is 4.08. The maximum Gasteiger partial charge on any atom is 0.122 e. The van der Waals surface area contributed by atoms with Gasteiger partial charge in [-0.05, 0) is 50.4 Å². The summed E-state index contributed by atoms with van der Waals surface area (Å²) >= 11 is 0. The molecule has 20 heavy (non-hydrogen) atoms. The first-order valence-electron chi connectivity index (χ1n) is 7.91. The van der Waals surface area contributed by atoms with E-state index in [0.717, 1.165) is 25.3 Å². The highest BCUT2D eigenvalue weighted by molar-refractivity contribution is 5.33. The zero-order chi connectivity index (χ0) is 14.2. The van der Waals surface area contributed by atoms with Crippen LogP contribution in [0.1, 0.15) is 31.7 Å². The van der Waals surface area contributed by atoms with E-state index in [1.165, 1.54) is 37.9 Å². The van der Waals surface area contributed by atoms with Crippen molar-refractivity contribution in [2.75, 3.05) is 33.3 Å². The van der Waals surface area contributed by atoms with Crippen molar-refractivity contribution in [2.24, 2.45) is 0 Å². The lowest BCUT2D eigenvalue weighted by Crippen LogP contribution is -2.46. The fraction of sp³-hybridized carbons (Fsp3) is 0.647. The molecular weight excluding hydrogens is 248 g/mol. The number of rotatable bonds is 7. The molecule has 0 amide bonds. The predicted octanol–water partition coefficient (Wildman–Crippen LogP) is 2.70. The molecule has 0 bridgehead atoms. The number of hydrogen-bond donors (Lipinski definition) is 1. The Bertz CT molecular complexity index is 394. The van der Waals surface area contributed by atoms with Gasteiger partial charge in [-0.3, -0.25) is 0 Å². The Balaban J connectivity index is 1.81. The quantitative estimate of drug-likeness (QED) is 0.828. The molecule has 1 aromatic carbocycles. The van der Waals surface area contributed by atoms with E-state index in [-0.39, 0.29) is 0 Å². The second-order valence-corrected chi connectivity index (χ2v) is 5.66. The van der Waals surface area contributed by atoms with Crippen LogP contribution in [0.4, 0.5) is 0 Å². The molecule has 1 N–H and O–H groups in total. The first-order valence-corrected chi connectivity index (χ1v) is 7.91. The van der Waals surface area contributed by atoms with E-state index in [9.17, 15) is 0 Å². The number of hydrogen-bond acceptors (Lipinski definition) is 3. The molecule has 1 heterocycles. The predicted molar refractivity (Wildman–Crippen MR) is 84.5 cm³/mol. The van der Waals surface area contributed by atoms with E-state index in [4.69, 9.17) is 4.74 Å². The summed E-state index contributed by atoms with van der Waals surface area (Å²) in [5.74, 6) is 1.02. The molecule has 1 fully saturated rings. The largest absolute Gasteiger partial charge is 0.496 e. The maximum atomic E-state index is 5.43. The second-order valence-electron chi connectivity index (χ2n) is 5.66. The monoisotopic (exact) mass is 276 g/mol. The minimum absolute atomic E-state index is 0.682. The van der Waals surface area contributed by atoms with Gasteiger partial charge in [-0.2, -0.15) is 0 Å². The fourth-order valence-corrected chi connectivity index (χ4v) is 2.96. The molecule has 1 aliphatic heterocycles. The van der Waals surface area contributed by atoms with Crippen molar-refractivity contribution in [3.8, 4) is 5.75 Å². The summed E-state index contributed by atoms with van der Waals surface area (Å²) in [6, 6.07) is 9.04. The molecule has 1 saturated heterocycles. The molecule has 1 aliphatic rings. The summed E-state index contributed by atoms with van der Waals surface area (Å²) in [7, 11) is 1.75. The van der Waals surface area contributed by atoms with Gasteiger partial charge in [-0.15, -0.1) is 0 Å². The molecule has 2 rings (SSSR count). The van der Waals surface area contributed by atoms with Crippen molar-refractivity contribution in [1.29, 1.82) is 0 Å². The molecular formula is C17H28N2O. The lowest BCUT2D eigenvalue weighted by atomic mass is 10.0. The number of para-hydroxylation sites is 1. The van der Waals surface area contributed by atoms with Gasteiger partial charge < -0.3 is 15.0 Å². The smallest absolute Gasteiger partial charge is 0.122 e. The first kappa shape index (κ1) is 15.3. The molecule has 3 nitrogen and oxygen atoms in total. The van der Waals surface area contributed by atoms with Crippen molar-refractivity contribution in [2.45, 2.75) is 38.6 Å². The van der Waals surface area contributed by atoms with Crippen LogP contribution in [0.15, 0.2) is 24.3 Å². The number of methoxy groups -OCH3 is 1. The Morgan fingerprint density at radius 2 is 2.20 bits per heavy atom. The van der Waals surface area contributed by atoms with Crippen molar-refractivity contribution >= 4 is 0 Å². The Morgan fingerprint density at radius 3 is 3.00 bits per heavy atom. The summed E-state index contributed by atoms with van der Waals surface area (Å²) in [6.45, 7) is 6.93. The topological polar surface area (TPSA) is 24.5 Å². The van der Waals surface area contributed by atoms with Crippen LogP contribution in [-0.2, 0) is 6.42 Å². The van der Waals surface area contributed by atoms with Crippen LogP contribution < -0.4 is 10.1 Å². The van der Waals surface area contributed by atoms with E-state index in [2.05, 4.69) is 35.3 Å². The molecule has 1 unspecified atom stereocenters. The first-order chi connectivity index (χ1) is 9.83. The molecule has 0 aliphatic carbocycles. The van der Waals surface area contributed by atoms with Gasteiger partial charge in [0, 0.05) is 19.1 Å². The molecule has 1 atom stereocenters. The highest BCUT2D eigenvalue weighted by atomic mass is 16.5. The van der Waals surface area contributed by atoms with Crippen LogP contribution in [0.25, 0.3) is 0 Å². The van der Waals surface area contributed by atoms with E-state index in [1.807, 2.05) is 6.07 Å². The maximum absolute atomic E-state index is 5.43. The number of likely N-dealkylation sites (tertiary alicyclic amines) is 1. The van der Waals surface area contributed by atoms with E-state index < -0.39 is 0 Å². The van der Waals surface area contributed by atoms with Gasteiger partial charge in [0.25, 0.3) is 0 Å². The van der Waals surface area contributed by atoms with Gasteiger partial charge in [-0.1, -0.05) is 25.1 Å². The average Bonchev–Trinajstić information content (AvgIpc) is 2.51. The molecule has 0 radical (unpaired) electrons. The summed E-state index contributed by atoms with van der Waals surface area (Å²) in [5.41, 5.74) is 1.32. The number of nitrogens with zero attached hydrogens (tertiary/aromatic N) is 1. The Labute approximate surface area is 123 Å². The molecule has 0 saturated carbocycles. The van der Waals surface area contributed by atoms with Gasteiger partial charge >= 0.3 is 0 Å². The van der Waals surface area contributed by atoms with Gasteiger partial charge in [0.2, 0.25) is 0 Å². The summed E-state index contributed by atoms with van der Waals surface area (Å²) in [4.78, 5) is 2.59. The van der Waals surface area contributed by atoms with Crippen LogP contribution in [0.5, 0.6) is 5.75 Å². The van der Waals surface area contributed by atoms with Gasteiger partial charge in [0.1, 0.15) is 5.75 Å². The van der Waals surface area contributed by atoms with Crippen LogP contribution in [0.2, 0.25) is 0 Å². The number of piperidine rings is 1. The Kier molecular flexibility index (Phi) is 6.34. The zero-order valence-electron chi connectivity index (χ0n) is 12.9. The minimum atomic E-state index is 0.682. The third kappa shape index (κ3) is 4.50. The summed E-state index contributed by atoms with van der Waals surface area (Å²) in [5, 5.41) is 3.66.